The lowest BCUT2D eigenvalue weighted by atomic mass is 10.1. The SMILES string of the molecule is CC(C(=O)NCc1ccc(Cn2cncn2)cc1)n1c(=O)oc2ccccc21. The highest BCUT2D eigenvalue weighted by atomic mass is 16.4. The van der Waals surface area contributed by atoms with Crippen molar-refractivity contribution in [3.63, 3.8) is 0 Å². The number of nitrogens with zero attached hydrogens (tertiary/aromatic N) is 4. The van der Waals surface area contributed by atoms with Gasteiger partial charge >= 0.3 is 5.76 Å². The summed E-state index contributed by atoms with van der Waals surface area (Å²) in [4.78, 5) is 28.6. The number of amides is 1. The summed E-state index contributed by atoms with van der Waals surface area (Å²) in [6.45, 7) is 2.69. The molecule has 0 aliphatic carbocycles. The summed E-state index contributed by atoms with van der Waals surface area (Å²) < 4.78 is 8.31. The number of rotatable bonds is 6. The first-order valence-corrected chi connectivity index (χ1v) is 8.90. The Bertz CT molecular complexity index is 1140. The fourth-order valence-electron chi connectivity index (χ4n) is 3.07. The maximum absolute atomic E-state index is 12.6. The van der Waals surface area contributed by atoms with Gasteiger partial charge in [0.05, 0.1) is 12.1 Å². The summed E-state index contributed by atoms with van der Waals surface area (Å²) in [5, 5.41) is 6.96. The molecule has 0 aliphatic rings. The Hall–Kier alpha value is -3.68. The summed E-state index contributed by atoms with van der Waals surface area (Å²) >= 11 is 0. The lowest BCUT2D eigenvalue weighted by Gasteiger charge is -2.13. The van der Waals surface area contributed by atoms with Gasteiger partial charge in [-0.05, 0) is 30.2 Å². The second-order valence-corrected chi connectivity index (χ2v) is 6.51. The zero-order chi connectivity index (χ0) is 19.5. The fraction of sp³-hybridized carbons (Fsp3) is 0.200. The second kappa shape index (κ2) is 7.51. The zero-order valence-corrected chi connectivity index (χ0v) is 15.3. The van der Waals surface area contributed by atoms with Crippen LogP contribution in [0.3, 0.4) is 0 Å². The molecule has 8 nitrogen and oxygen atoms in total. The number of benzene rings is 2. The first-order chi connectivity index (χ1) is 13.6. The van der Waals surface area contributed by atoms with E-state index < -0.39 is 11.8 Å². The smallest absolute Gasteiger partial charge is 0.408 e. The molecule has 0 fully saturated rings. The van der Waals surface area contributed by atoms with Crippen LogP contribution in [0.15, 0.2) is 70.4 Å². The third kappa shape index (κ3) is 3.57. The lowest BCUT2D eigenvalue weighted by molar-refractivity contribution is -0.124. The average molecular weight is 377 g/mol. The molecule has 4 aromatic rings. The molecule has 2 aromatic carbocycles. The van der Waals surface area contributed by atoms with E-state index in [1.165, 1.54) is 10.9 Å². The molecule has 0 aliphatic heterocycles. The molecular weight excluding hydrogens is 358 g/mol. The van der Waals surface area contributed by atoms with E-state index in [-0.39, 0.29) is 5.91 Å². The Kier molecular flexibility index (Phi) is 4.76. The standard InChI is InChI=1S/C20H19N5O3/c1-14(25-17-4-2-3-5-18(17)28-20(25)27)19(26)22-10-15-6-8-16(9-7-15)11-24-13-21-12-23-24/h2-9,12-14H,10-11H2,1H3,(H,22,26). The maximum Gasteiger partial charge on any atom is 0.420 e. The Morgan fingerprint density at radius 2 is 1.89 bits per heavy atom. The Balaban J connectivity index is 1.41. The van der Waals surface area contributed by atoms with Gasteiger partial charge in [0.1, 0.15) is 18.7 Å². The summed E-state index contributed by atoms with van der Waals surface area (Å²) in [6, 6.07) is 14.3. The predicted molar refractivity (Wildman–Crippen MR) is 103 cm³/mol. The Morgan fingerprint density at radius 3 is 2.64 bits per heavy atom. The molecule has 1 N–H and O–H groups in total. The van der Waals surface area contributed by atoms with Gasteiger partial charge in [0.2, 0.25) is 5.91 Å². The molecule has 1 unspecified atom stereocenters. The van der Waals surface area contributed by atoms with E-state index in [4.69, 9.17) is 4.42 Å². The molecule has 1 atom stereocenters. The van der Waals surface area contributed by atoms with Crippen molar-refractivity contribution >= 4 is 17.0 Å². The quantitative estimate of drug-likeness (QED) is 0.555. The largest absolute Gasteiger partial charge is 0.420 e. The van der Waals surface area contributed by atoms with Crippen LogP contribution in [0.2, 0.25) is 0 Å². The third-order valence-electron chi connectivity index (χ3n) is 4.59. The number of hydrogen-bond donors (Lipinski definition) is 1. The monoisotopic (exact) mass is 377 g/mol. The number of hydrogen-bond acceptors (Lipinski definition) is 5. The van der Waals surface area contributed by atoms with Crippen LogP contribution < -0.4 is 11.1 Å². The number of nitrogens with one attached hydrogen (secondary N) is 1. The third-order valence-corrected chi connectivity index (χ3v) is 4.59. The zero-order valence-electron chi connectivity index (χ0n) is 15.3. The highest BCUT2D eigenvalue weighted by Crippen LogP contribution is 2.16. The van der Waals surface area contributed by atoms with Gasteiger partial charge in [-0.3, -0.25) is 9.36 Å². The molecule has 4 rings (SSSR count). The molecule has 28 heavy (non-hydrogen) atoms. The van der Waals surface area contributed by atoms with Crippen LogP contribution in [0.5, 0.6) is 0 Å². The minimum atomic E-state index is -0.678. The van der Waals surface area contributed by atoms with Crippen LogP contribution in [-0.4, -0.2) is 25.2 Å². The number of fused-ring (bicyclic) bond motifs is 1. The molecule has 0 saturated heterocycles. The second-order valence-electron chi connectivity index (χ2n) is 6.51. The first-order valence-electron chi connectivity index (χ1n) is 8.90. The summed E-state index contributed by atoms with van der Waals surface area (Å²) in [5.74, 6) is -0.790. The summed E-state index contributed by atoms with van der Waals surface area (Å²) in [6.07, 6.45) is 3.16. The number of carbonyl (C=O) groups excluding carboxylic acids is 1. The van der Waals surface area contributed by atoms with Crippen molar-refractivity contribution in [2.24, 2.45) is 0 Å². The van der Waals surface area contributed by atoms with Gasteiger partial charge in [0.15, 0.2) is 5.58 Å². The van der Waals surface area contributed by atoms with E-state index >= 15 is 0 Å². The van der Waals surface area contributed by atoms with E-state index in [9.17, 15) is 9.59 Å². The Labute approximate surface area is 160 Å². The molecule has 142 valence electrons. The van der Waals surface area contributed by atoms with Gasteiger partial charge in [0.25, 0.3) is 0 Å². The van der Waals surface area contributed by atoms with Gasteiger partial charge in [-0.25, -0.2) is 14.5 Å². The van der Waals surface area contributed by atoms with E-state index in [0.29, 0.717) is 24.2 Å². The van der Waals surface area contributed by atoms with Crippen LogP contribution >= 0.6 is 0 Å². The van der Waals surface area contributed by atoms with Crippen molar-refractivity contribution in [2.45, 2.75) is 26.1 Å². The molecular formula is C20H19N5O3. The van der Waals surface area contributed by atoms with Crippen LogP contribution in [0.1, 0.15) is 24.1 Å². The molecule has 2 heterocycles. The molecule has 8 heteroatoms. The van der Waals surface area contributed by atoms with Crippen molar-refractivity contribution < 1.29 is 9.21 Å². The topological polar surface area (TPSA) is 95.0 Å². The van der Waals surface area contributed by atoms with Crippen molar-refractivity contribution in [3.05, 3.63) is 82.9 Å². The van der Waals surface area contributed by atoms with Gasteiger partial charge in [-0.1, -0.05) is 36.4 Å². The molecule has 0 saturated carbocycles. The maximum atomic E-state index is 12.6. The van der Waals surface area contributed by atoms with E-state index in [2.05, 4.69) is 15.4 Å². The van der Waals surface area contributed by atoms with Crippen molar-refractivity contribution in [1.82, 2.24) is 24.6 Å². The van der Waals surface area contributed by atoms with Crippen molar-refractivity contribution in [3.8, 4) is 0 Å². The summed E-state index contributed by atoms with van der Waals surface area (Å²) in [5.41, 5.74) is 3.13. The molecule has 2 aromatic heterocycles. The number of para-hydroxylation sites is 2. The fourth-order valence-corrected chi connectivity index (χ4v) is 3.07. The molecule has 1 amide bonds. The summed E-state index contributed by atoms with van der Waals surface area (Å²) in [7, 11) is 0. The first kappa shape index (κ1) is 17.7. The van der Waals surface area contributed by atoms with Crippen molar-refractivity contribution in [1.29, 1.82) is 0 Å². The minimum Gasteiger partial charge on any atom is -0.408 e. The number of oxazole rings is 1. The van der Waals surface area contributed by atoms with E-state index in [1.807, 2.05) is 24.3 Å². The highest BCUT2D eigenvalue weighted by molar-refractivity contribution is 5.82. The molecule has 0 spiro atoms. The number of aromatic nitrogens is 4. The van der Waals surface area contributed by atoms with Gasteiger partial charge in [-0.2, -0.15) is 5.10 Å². The van der Waals surface area contributed by atoms with Crippen LogP contribution in [0.4, 0.5) is 0 Å². The number of carbonyl (C=O) groups is 1. The lowest BCUT2D eigenvalue weighted by Crippen LogP contribution is -2.34. The van der Waals surface area contributed by atoms with Crippen molar-refractivity contribution in [2.75, 3.05) is 0 Å². The van der Waals surface area contributed by atoms with Crippen LogP contribution in [0, 0.1) is 0 Å². The van der Waals surface area contributed by atoms with Crippen LogP contribution in [0.25, 0.3) is 11.1 Å². The van der Waals surface area contributed by atoms with Gasteiger partial charge in [0, 0.05) is 6.54 Å². The highest BCUT2D eigenvalue weighted by Gasteiger charge is 2.20. The van der Waals surface area contributed by atoms with E-state index in [1.54, 1.807) is 42.2 Å². The predicted octanol–water partition coefficient (Wildman–Crippen LogP) is 2.11. The average Bonchev–Trinajstić information content (AvgIpc) is 3.33. The molecule has 0 radical (unpaired) electrons. The molecule has 0 bridgehead atoms. The van der Waals surface area contributed by atoms with Gasteiger partial charge in [-0.15, -0.1) is 0 Å². The van der Waals surface area contributed by atoms with E-state index in [0.717, 1.165) is 11.1 Å². The Morgan fingerprint density at radius 1 is 1.14 bits per heavy atom. The van der Waals surface area contributed by atoms with Crippen LogP contribution in [-0.2, 0) is 17.9 Å². The normalized spacial score (nSPS) is 12.2. The minimum absolute atomic E-state index is 0.250. The van der Waals surface area contributed by atoms with Gasteiger partial charge < -0.3 is 9.73 Å².